The van der Waals surface area contributed by atoms with Gasteiger partial charge in [0.1, 0.15) is 0 Å². The molecule has 1 rings (SSSR count). The first-order chi connectivity index (χ1) is 2.89. The van der Waals surface area contributed by atoms with Gasteiger partial charge in [-0.1, -0.05) is 12.2 Å². The lowest BCUT2D eigenvalue weighted by Crippen LogP contribution is -1.77. The highest BCUT2D eigenvalue weighted by molar-refractivity contribution is 4.96. The first kappa shape index (κ1) is 3.91. The second kappa shape index (κ2) is 1.46. The zero-order valence-electron chi connectivity index (χ0n) is 3.72. The van der Waals surface area contributed by atoms with Gasteiger partial charge in [0, 0.05) is 0 Å². The summed E-state index contributed by atoms with van der Waals surface area (Å²) in [6.45, 7) is 5.45. The van der Waals surface area contributed by atoms with E-state index in [0.29, 0.717) is 5.92 Å². The van der Waals surface area contributed by atoms with Crippen molar-refractivity contribution in [1.82, 2.24) is 0 Å². The topological polar surface area (TPSA) is 0 Å². The molecule has 0 aromatic carbocycles. The minimum atomic E-state index is 0.366. The van der Waals surface area contributed by atoms with E-state index in [4.69, 9.17) is 6.92 Å². The van der Waals surface area contributed by atoms with Crippen LogP contribution in [0.3, 0.4) is 0 Å². The highest BCUT2D eigenvalue weighted by Crippen LogP contribution is 2.13. The van der Waals surface area contributed by atoms with Crippen molar-refractivity contribution in [3.8, 4) is 0 Å². The molecule has 0 saturated carbocycles. The van der Waals surface area contributed by atoms with Crippen molar-refractivity contribution < 1.29 is 0 Å². The molecule has 0 aromatic rings. The Kier molecular flexibility index (Phi) is 0.952. The average Bonchev–Trinajstić information content (AvgIpc) is 1.86. The molecule has 0 aliphatic heterocycles. The molecule has 0 N–H and O–H groups in total. The molecule has 0 aromatic heterocycles. The molecule has 0 fully saturated rings. The summed E-state index contributed by atoms with van der Waals surface area (Å²) in [5, 5.41) is 0. The molecule has 0 nitrogen and oxygen atoms in total. The molecule has 1 aliphatic carbocycles. The minimum absolute atomic E-state index is 0.366. The van der Waals surface area contributed by atoms with Crippen molar-refractivity contribution in [3.63, 3.8) is 0 Å². The summed E-state index contributed by atoms with van der Waals surface area (Å²) in [5.74, 6) is 0.366. The smallest absolute Gasteiger partial charge is 0.0196 e. The normalized spacial score (nSPS) is 31.8. The van der Waals surface area contributed by atoms with Crippen LogP contribution in [-0.2, 0) is 0 Å². The van der Waals surface area contributed by atoms with Crippen LogP contribution in [0.2, 0.25) is 0 Å². The maximum atomic E-state index is 5.45. The highest BCUT2D eigenvalue weighted by Gasteiger charge is 1.99. The Hall–Kier alpha value is -0.260. The molecular formula is C6H8. The third-order valence-electron chi connectivity index (χ3n) is 1.05. The zero-order valence-corrected chi connectivity index (χ0v) is 3.72. The van der Waals surface area contributed by atoms with Crippen LogP contribution in [0.15, 0.2) is 12.2 Å². The molecule has 32 valence electrons. The summed E-state index contributed by atoms with van der Waals surface area (Å²) >= 11 is 0. The summed E-state index contributed by atoms with van der Waals surface area (Å²) in [7, 11) is 0. The Bertz CT molecular complexity index is 62.4. The molecule has 0 bridgehead atoms. The maximum absolute atomic E-state index is 5.45. The molecule has 0 heteroatoms. The second-order valence-corrected chi connectivity index (χ2v) is 1.67. The first-order valence-electron chi connectivity index (χ1n) is 2.32. The monoisotopic (exact) mass is 80.1 g/mol. The van der Waals surface area contributed by atoms with Crippen LogP contribution in [0.4, 0.5) is 0 Å². The number of rotatable bonds is 0. The quantitative estimate of drug-likeness (QED) is 0.388. The molecule has 0 heterocycles. The van der Waals surface area contributed by atoms with Gasteiger partial charge in [-0.05, 0) is 25.7 Å². The fourth-order valence-electron chi connectivity index (χ4n) is 0.656. The van der Waals surface area contributed by atoms with E-state index >= 15 is 0 Å². The van der Waals surface area contributed by atoms with Crippen molar-refractivity contribution in [2.24, 2.45) is 5.92 Å². The Morgan fingerprint density at radius 2 is 2.50 bits per heavy atom. The van der Waals surface area contributed by atoms with E-state index in [1.54, 1.807) is 0 Å². The zero-order chi connectivity index (χ0) is 4.41. The molecule has 0 saturated heterocycles. The van der Waals surface area contributed by atoms with Gasteiger partial charge in [-0.2, -0.15) is 0 Å². The van der Waals surface area contributed by atoms with Crippen molar-refractivity contribution in [2.45, 2.75) is 12.8 Å². The second-order valence-electron chi connectivity index (χ2n) is 1.67. The van der Waals surface area contributed by atoms with Crippen molar-refractivity contribution in [3.05, 3.63) is 19.1 Å². The van der Waals surface area contributed by atoms with Crippen molar-refractivity contribution in [2.75, 3.05) is 0 Å². The number of hydrogen-bond donors (Lipinski definition) is 0. The van der Waals surface area contributed by atoms with Crippen LogP contribution in [-0.4, -0.2) is 0 Å². The third-order valence-corrected chi connectivity index (χ3v) is 1.05. The molecule has 0 amide bonds. The third kappa shape index (κ3) is 0.618. The lowest BCUT2D eigenvalue weighted by atomic mass is 10.2. The first-order valence-corrected chi connectivity index (χ1v) is 2.32. The summed E-state index contributed by atoms with van der Waals surface area (Å²) in [4.78, 5) is 0. The van der Waals surface area contributed by atoms with Gasteiger partial charge in [0.2, 0.25) is 0 Å². The number of allylic oxidation sites excluding steroid dienone is 2. The Balaban J connectivity index is 2.38. The highest BCUT2D eigenvalue weighted by atomic mass is 14.0. The lowest BCUT2D eigenvalue weighted by molar-refractivity contribution is 0.769. The van der Waals surface area contributed by atoms with Gasteiger partial charge < -0.3 is 0 Å². The summed E-state index contributed by atoms with van der Waals surface area (Å²) in [6, 6.07) is 0. The number of hydrogen-bond acceptors (Lipinski definition) is 0. The summed E-state index contributed by atoms with van der Waals surface area (Å²) < 4.78 is 0. The average molecular weight is 80.1 g/mol. The van der Waals surface area contributed by atoms with Crippen LogP contribution in [0, 0.1) is 12.8 Å². The van der Waals surface area contributed by atoms with E-state index in [1.165, 1.54) is 6.42 Å². The molecule has 1 aliphatic rings. The largest absolute Gasteiger partial charge is 0.0882 e. The van der Waals surface area contributed by atoms with E-state index in [0.717, 1.165) is 6.42 Å². The van der Waals surface area contributed by atoms with Gasteiger partial charge in [-0.3, -0.25) is 0 Å². The van der Waals surface area contributed by atoms with E-state index in [9.17, 15) is 0 Å². The Morgan fingerprint density at radius 3 is 2.67 bits per heavy atom. The minimum Gasteiger partial charge on any atom is -0.0882 e. The molecule has 1 unspecified atom stereocenters. The summed E-state index contributed by atoms with van der Waals surface area (Å²) in [6.07, 6.45) is 6.52. The van der Waals surface area contributed by atoms with E-state index in [-0.39, 0.29) is 0 Å². The maximum Gasteiger partial charge on any atom is -0.0196 e. The molecule has 2 radical (unpaired) electrons. The van der Waals surface area contributed by atoms with Gasteiger partial charge in [0.05, 0.1) is 0 Å². The fourth-order valence-corrected chi connectivity index (χ4v) is 0.656. The SMILES string of the molecule is [CH]C1C=CCC1. The lowest BCUT2D eigenvalue weighted by Gasteiger charge is -1.88. The molecular weight excluding hydrogens is 72.1 g/mol. The Morgan fingerprint density at radius 1 is 1.67 bits per heavy atom. The predicted octanol–water partition coefficient (Wildman–Crippen LogP) is 1.66. The van der Waals surface area contributed by atoms with Crippen molar-refractivity contribution >= 4 is 0 Å². The Labute approximate surface area is 38.9 Å². The van der Waals surface area contributed by atoms with E-state index < -0.39 is 0 Å². The van der Waals surface area contributed by atoms with Crippen molar-refractivity contribution in [1.29, 1.82) is 0 Å². The fraction of sp³-hybridized carbons (Fsp3) is 0.500. The van der Waals surface area contributed by atoms with Crippen LogP contribution in [0.5, 0.6) is 0 Å². The summed E-state index contributed by atoms with van der Waals surface area (Å²) in [5.41, 5.74) is 0. The standard InChI is InChI=1S/C6H8/c1-6-4-2-3-5-6/h1-2,4,6H,3,5H2. The predicted molar refractivity (Wildman–Crippen MR) is 26.2 cm³/mol. The van der Waals surface area contributed by atoms with Gasteiger partial charge in [0.25, 0.3) is 0 Å². The molecule has 1 atom stereocenters. The van der Waals surface area contributed by atoms with E-state index in [1.807, 2.05) is 0 Å². The molecule has 6 heavy (non-hydrogen) atoms. The van der Waals surface area contributed by atoms with Gasteiger partial charge >= 0.3 is 0 Å². The van der Waals surface area contributed by atoms with Crippen LogP contribution < -0.4 is 0 Å². The molecule has 0 spiro atoms. The van der Waals surface area contributed by atoms with Crippen LogP contribution in [0.25, 0.3) is 0 Å². The van der Waals surface area contributed by atoms with Crippen LogP contribution in [0.1, 0.15) is 12.8 Å². The van der Waals surface area contributed by atoms with Gasteiger partial charge in [-0.25, -0.2) is 0 Å². The van der Waals surface area contributed by atoms with Crippen LogP contribution >= 0.6 is 0 Å². The van der Waals surface area contributed by atoms with E-state index in [2.05, 4.69) is 12.2 Å². The van der Waals surface area contributed by atoms with Gasteiger partial charge in [-0.15, -0.1) is 0 Å². The van der Waals surface area contributed by atoms with Gasteiger partial charge in [0.15, 0.2) is 0 Å².